The summed E-state index contributed by atoms with van der Waals surface area (Å²) in [7, 11) is 4.17. The Kier molecular flexibility index (Phi) is 9.12. The molecule has 0 spiro atoms. The molecule has 0 bridgehead atoms. The van der Waals surface area contributed by atoms with E-state index in [1.807, 2.05) is 0 Å². The maximum atomic E-state index is 9.07. The highest BCUT2D eigenvalue weighted by Crippen LogP contribution is 2.09. The van der Waals surface area contributed by atoms with Crippen molar-refractivity contribution in [1.29, 1.82) is 0 Å². The Morgan fingerprint density at radius 2 is 1.27 bits per heavy atom. The van der Waals surface area contributed by atoms with Gasteiger partial charge in [0.1, 0.15) is 0 Å². The maximum Gasteiger partial charge on any atom is 0.179 e. The van der Waals surface area contributed by atoms with Gasteiger partial charge >= 0.3 is 0 Å². The first-order valence-corrected chi connectivity index (χ1v) is 6.55. The fraction of sp³-hybridized carbons (Fsp3) is 1.00. The summed E-state index contributed by atoms with van der Waals surface area (Å²) in [6.07, 6.45) is 10.9. The zero-order valence-corrected chi connectivity index (χ0v) is 11.0. The Morgan fingerprint density at radius 3 is 1.73 bits per heavy atom. The first kappa shape index (κ1) is 14.9. The third-order valence-electron chi connectivity index (χ3n) is 3.00. The third-order valence-corrected chi connectivity index (χ3v) is 3.00. The van der Waals surface area contributed by atoms with Gasteiger partial charge < -0.3 is 9.59 Å². The molecule has 0 unspecified atom stereocenters. The number of hydrogen-bond acceptors (Lipinski definition) is 1. The number of rotatable bonds is 10. The fourth-order valence-corrected chi connectivity index (χ4v) is 1.74. The molecule has 0 aromatic rings. The minimum Gasteiger partial charge on any atom is -0.347 e. The van der Waals surface area contributed by atoms with Gasteiger partial charge in [0.15, 0.2) is 6.73 Å². The van der Waals surface area contributed by atoms with E-state index >= 15 is 0 Å². The van der Waals surface area contributed by atoms with E-state index < -0.39 is 0 Å². The number of aliphatic hydroxyl groups excluding tert-OH is 1. The summed E-state index contributed by atoms with van der Waals surface area (Å²) in [6, 6.07) is 0. The molecular weight excluding hydrogens is 186 g/mol. The van der Waals surface area contributed by atoms with Crippen molar-refractivity contribution in [2.24, 2.45) is 0 Å². The summed E-state index contributed by atoms with van der Waals surface area (Å²) < 4.78 is 0.746. The first-order chi connectivity index (χ1) is 7.12. The molecule has 1 N–H and O–H groups in total. The first-order valence-electron chi connectivity index (χ1n) is 6.55. The summed E-state index contributed by atoms with van der Waals surface area (Å²) in [6.45, 7) is 3.62. The van der Waals surface area contributed by atoms with Crippen LogP contribution in [0.5, 0.6) is 0 Å². The van der Waals surface area contributed by atoms with E-state index in [0.29, 0.717) is 0 Å². The highest BCUT2D eigenvalue weighted by molar-refractivity contribution is 4.45. The predicted octanol–water partition coefficient (Wildman–Crippen LogP) is 3.15. The van der Waals surface area contributed by atoms with Gasteiger partial charge in [-0.2, -0.15) is 0 Å². The molecule has 0 heterocycles. The van der Waals surface area contributed by atoms with Gasteiger partial charge in [0, 0.05) is 0 Å². The minimum atomic E-state index is 0.260. The molecule has 2 heteroatoms. The molecule has 0 saturated heterocycles. The zero-order valence-electron chi connectivity index (χ0n) is 11.0. The molecule has 0 amide bonds. The standard InChI is InChI=1S/C13H30NO/c1-4-5-6-7-8-9-10-11-12-14(2,3)13-15/h15H,4-13H2,1-3H3/q+1. The summed E-state index contributed by atoms with van der Waals surface area (Å²) in [5.74, 6) is 0. The lowest BCUT2D eigenvalue weighted by atomic mass is 10.1. The van der Waals surface area contributed by atoms with E-state index in [0.717, 1.165) is 11.0 Å². The summed E-state index contributed by atoms with van der Waals surface area (Å²) in [5, 5.41) is 9.07. The highest BCUT2D eigenvalue weighted by Gasteiger charge is 2.11. The van der Waals surface area contributed by atoms with Crippen molar-refractivity contribution >= 4 is 0 Å². The lowest BCUT2D eigenvalue weighted by Gasteiger charge is -2.26. The fourth-order valence-electron chi connectivity index (χ4n) is 1.74. The normalized spacial score (nSPS) is 12.0. The Morgan fingerprint density at radius 1 is 0.800 bits per heavy atom. The van der Waals surface area contributed by atoms with Gasteiger partial charge in [-0.1, -0.05) is 45.4 Å². The zero-order chi connectivity index (χ0) is 11.6. The molecule has 92 valence electrons. The van der Waals surface area contributed by atoms with Crippen LogP contribution < -0.4 is 0 Å². The van der Waals surface area contributed by atoms with Crippen LogP contribution in [0.4, 0.5) is 0 Å². The lowest BCUT2D eigenvalue weighted by Crippen LogP contribution is -2.41. The molecule has 0 aliphatic heterocycles. The molecule has 15 heavy (non-hydrogen) atoms. The average molecular weight is 216 g/mol. The summed E-state index contributed by atoms with van der Waals surface area (Å²) >= 11 is 0. The van der Waals surface area contributed by atoms with E-state index in [-0.39, 0.29) is 6.73 Å². The SMILES string of the molecule is CCCCCCCCCC[N+](C)(C)CO. The van der Waals surface area contributed by atoms with E-state index in [2.05, 4.69) is 21.0 Å². The monoisotopic (exact) mass is 216 g/mol. The van der Waals surface area contributed by atoms with Gasteiger partial charge in [0.05, 0.1) is 20.6 Å². The van der Waals surface area contributed by atoms with Crippen molar-refractivity contribution in [2.45, 2.75) is 58.3 Å². The number of nitrogens with zero attached hydrogens (tertiary/aromatic N) is 1. The smallest absolute Gasteiger partial charge is 0.179 e. The van der Waals surface area contributed by atoms with Gasteiger partial charge in [-0.15, -0.1) is 0 Å². The van der Waals surface area contributed by atoms with Gasteiger partial charge in [0.2, 0.25) is 0 Å². The second kappa shape index (κ2) is 9.17. The molecule has 0 aliphatic rings. The topological polar surface area (TPSA) is 20.2 Å². The van der Waals surface area contributed by atoms with Crippen molar-refractivity contribution in [3.8, 4) is 0 Å². The molecule has 0 aromatic carbocycles. The van der Waals surface area contributed by atoms with E-state index in [1.165, 1.54) is 51.4 Å². The van der Waals surface area contributed by atoms with Crippen LogP contribution in [0.25, 0.3) is 0 Å². The molecule has 0 aromatic heterocycles. The molecule has 0 fully saturated rings. The number of unbranched alkanes of at least 4 members (excludes halogenated alkanes) is 7. The Labute approximate surface area is 95.9 Å². The number of aliphatic hydroxyl groups is 1. The average Bonchev–Trinajstić information content (AvgIpc) is 2.22. The number of hydrogen-bond donors (Lipinski definition) is 1. The number of quaternary nitrogens is 1. The molecule has 0 radical (unpaired) electrons. The van der Waals surface area contributed by atoms with Crippen molar-refractivity contribution < 1.29 is 9.59 Å². The highest BCUT2D eigenvalue weighted by atomic mass is 16.3. The molecular formula is C13H30NO+. The third kappa shape index (κ3) is 10.2. The van der Waals surface area contributed by atoms with Crippen LogP contribution in [0.15, 0.2) is 0 Å². The van der Waals surface area contributed by atoms with Crippen molar-refractivity contribution in [1.82, 2.24) is 0 Å². The second-order valence-corrected chi connectivity index (χ2v) is 5.28. The maximum absolute atomic E-state index is 9.07. The van der Waals surface area contributed by atoms with Crippen molar-refractivity contribution in [3.05, 3.63) is 0 Å². The summed E-state index contributed by atoms with van der Waals surface area (Å²) in [4.78, 5) is 0. The van der Waals surface area contributed by atoms with Gasteiger partial charge in [-0.25, -0.2) is 0 Å². The molecule has 2 nitrogen and oxygen atoms in total. The molecule has 0 aliphatic carbocycles. The van der Waals surface area contributed by atoms with Crippen LogP contribution in [-0.2, 0) is 0 Å². The van der Waals surface area contributed by atoms with Crippen LogP contribution in [0.1, 0.15) is 58.3 Å². The van der Waals surface area contributed by atoms with Gasteiger partial charge in [-0.3, -0.25) is 0 Å². The van der Waals surface area contributed by atoms with Crippen LogP contribution >= 0.6 is 0 Å². The lowest BCUT2D eigenvalue weighted by molar-refractivity contribution is -0.909. The van der Waals surface area contributed by atoms with Crippen LogP contribution in [-0.4, -0.2) is 37.0 Å². The molecule has 0 atom stereocenters. The van der Waals surface area contributed by atoms with Crippen LogP contribution in [0.3, 0.4) is 0 Å². The largest absolute Gasteiger partial charge is 0.347 e. The van der Waals surface area contributed by atoms with Gasteiger partial charge in [-0.05, 0) is 12.8 Å². The Bertz CT molecular complexity index is 134. The molecule has 0 saturated carbocycles. The van der Waals surface area contributed by atoms with Gasteiger partial charge in [0.25, 0.3) is 0 Å². The van der Waals surface area contributed by atoms with Crippen molar-refractivity contribution in [3.63, 3.8) is 0 Å². The predicted molar refractivity (Wildman–Crippen MR) is 66.7 cm³/mol. The van der Waals surface area contributed by atoms with E-state index in [1.54, 1.807) is 0 Å². The Hall–Kier alpha value is -0.0800. The van der Waals surface area contributed by atoms with Crippen molar-refractivity contribution in [2.75, 3.05) is 27.4 Å². The van der Waals surface area contributed by atoms with E-state index in [9.17, 15) is 0 Å². The quantitative estimate of drug-likeness (QED) is 0.338. The Balaban J connectivity index is 3.11. The van der Waals surface area contributed by atoms with E-state index in [4.69, 9.17) is 5.11 Å². The second-order valence-electron chi connectivity index (χ2n) is 5.28. The molecule has 0 rings (SSSR count). The summed E-state index contributed by atoms with van der Waals surface area (Å²) in [5.41, 5.74) is 0. The minimum absolute atomic E-state index is 0.260. The van der Waals surface area contributed by atoms with Crippen LogP contribution in [0.2, 0.25) is 0 Å². The van der Waals surface area contributed by atoms with Crippen LogP contribution in [0, 0.1) is 0 Å².